The highest BCUT2D eigenvalue weighted by molar-refractivity contribution is 6.10. The Morgan fingerprint density at radius 2 is 1.03 bits per heavy atom. The van der Waals surface area contributed by atoms with Gasteiger partial charge in [-0.05, 0) is 38.1 Å². The molecule has 2 saturated heterocycles. The number of fused-ring (bicyclic) bond motifs is 4. The molecule has 0 bridgehead atoms. The van der Waals surface area contributed by atoms with Crippen molar-refractivity contribution in [3.8, 4) is 11.5 Å². The zero-order chi connectivity index (χ0) is 46.4. The van der Waals surface area contributed by atoms with Crippen molar-refractivity contribution >= 4 is 45.9 Å². The number of aromatic nitrogens is 6. The van der Waals surface area contributed by atoms with Gasteiger partial charge in [0, 0.05) is 113 Å². The summed E-state index contributed by atoms with van der Waals surface area (Å²) in [5.74, 6) is 0.551. The summed E-state index contributed by atoms with van der Waals surface area (Å²) < 4.78 is 44.2. The Morgan fingerprint density at radius 3 is 1.39 bits per heavy atom. The summed E-state index contributed by atoms with van der Waals surface area (Å²) in [6.07, 6.45) is 11.3. The average Bonchev–Trinajstić information content (AvgIpc) is 4.12. The third-order valence-corrected chi connectivity index (χ3v) is 13.0. The Labute approximate surface area is 377 Å². The Hall–Kier alpha value is -6.48. The fourth-order valence-corrected chi connectivity index (χ4v) is 8.97. The predicted octanol–water partition coefficient (Wildman–Crippen LogP) is 3.94. The fourth-order valence-electron chi connectivity index (χ4n) is 8.97. The standard InChI is InChI=1S/2C23H26FN5O4/c2*1-22(13-30)11-15-9-17(27-21(32)16-12-26-29-6-2-5-25-20(16)29)18(10-19(15)33-22)28-7-3-23(24,14-31)4-8-28/h2*2,5-6,9-10,12,30-31H,3-4,7-8,11,13-14H2,1H3,(H,27,32)/t2*22-/m10/s1. The maximum absolute atomic E-state index is 14.6. The molecule has 18 nitrogen and oxygen atoms in total. The second kappa shape index (κ2) is 17.4. The number of carbonyl (C=O) groups is 2. The van der Waals surface area contributed by atoms with Crippen LogP contribution in [-0.4, -0.2) is 137 Å². The van der Waals surface area contributed by atoms with Crippen LogP contribution in [0.1, 0.15) is 71.4 Å². The molecule has 4 aliphatic rings. The van der Waals surface area contributed by atoms with Gasteiger partial charge in [-0.2, -0.15) is 10.2 Å². The quantitative estimate of drug-likeness (QED) is 0.115. The molecule has 0 saturated carbocycles. The molecule has 0 spiro atoms. The van der Waals surface area contributed by atoms with Gasteiger partial charge in [0.05, 0.1) is 61.6 Å². The number of aliphatic hydroxyl groups is 4. The predicted molar refractivity (Wildman–Crippen MR) is 239 cm³/mol. The van der Waals surface area contributed by atoms with Crippen LogP contribution in [0.4, 0.5) is 31.5 Å². The Kier molecular flexibility index (Phi) is 11.8. The topological polar surface area (TPSA) is 224 Å². The van der Waals surface area contributed by atoms with Crippen LogP contribution in [0.5, 0.6) is 11.5 Å². The summed E-state index contributed by atoms with van der Waals surface area (Å²) in [5.41, 5.74) is 1.17. The van der Waals surface area contributed by atoms with E-state index < -0.39 is 35.8 Å². The van der Waals surface area contributed by atoms with E-state index in [1.165, 1.54) is 21.4 Å². The molecule has 66 heavy (non-hydrogen) atoms. The minimum absolute atomic E-state index is 0.142. The zero-order valence-electron chi connectivity index (χ0n) is 36.6. The van der Waals surface area contributed by atoms with Crippen LogP contribution in [0.2, 0.25) is 0 Å². The first-order chi connectivity index (χ1) is 31.7. The normalized spacial score (nSPS) is 21.6. The summed E-state index contributed by atoms with van der Waals surface area (Å²) in [6.45, 7) is 3.90. The minimum Gasteiger partial charge on any atom is -0.484 e. The van der Waals surface area contributed by atoms with Crippen molar-refractivity contribution in [3.05, 3.63) is 95.8 Å². The van der Waals surface area contributed by atoms with Gasteiger partial charge < -0.3 is 50.3 Å². The molecule has 0 radical (unpaired) electrons. The number of nitrogens with one attached hydrogen (secondary N) is 2. The Morgan fingerprint density at radius 1 is 0.636 bits per heavy atom. The molecule has 4 aliphatic heterocycles. The molecule has 10 rings (SSSR count). The third kappa shape index (κ3) is 8.68. The lowest BCUT2D eigenvalue weighted by atomic mass is 9.93. The smallest absolute Gasteiger partial charge is 0.261 e. The summed E-state index contributed by atoms with van der Waals surface area (Å²) >= 11 is 0. The van der Waals surface area contributed by atoms with Crippen molar-refractivity contribution in [2.45, 2.75) is 74.9 Å². The van der Waals surface area contributed by atoms with E-state index in [0.29, 0.717) is 95.7 Å². The van der Waals surface area contributed by atoms with Gasteiger partial charge in [0.25, 0.3) is 11.8 Å². The number of halogens is 2. The second-order valence-corrected chi connectivity index (χ2v) is 18.1. The molecule has 0 unspecified atom stereocenters. The molecule has 0 aliphatic carbocycles. The Bertz CT molecular complexity index is 2600. The van der Waals surface area contributed by atoms with Crippen LogP contribution < -0.4 is 29.9 Å². The van der Waals surface area contributed by atoms with Gasteiger partial charge in [0.2, 0.25) is 0 Å². The maximum atomic E-state index is 14.6. The number of benzene rings is 2. The minimum atomic E-state index is -1.59. The van der Waals surface area contributed by atoms with Crippen LogP contribution >= 0.6 is 0 Å². The molecule has 2 fully saturated rings. The summed E-state index contributed by atoms with van der Waals surface area (Å²) in [4.78, 5) is 38.8. The lowest BCUT2D eigenvalue weighted by molar-refractivity contribution is 0.0444. The van der Waals surface area contributed by atoms with Crippen LogP contribution in [0.25, 0.3) is 11.3 Å². The molecular formula is C46H52F2N10O8. The van der Waals surface area contributed by atoms with Crippen LogP contribution in [0.3, 0.4) is 0 Å². The van der Waals surface area contributed by atoms with Crippen molar-refractivity contribution in [2.24, 2.45) is 0 Å². The van der Waals surface area contributed by atoms with Crippen molar-refractivity contribution < 1.29 is 48.3 Å². The number of ether oxygens (including phenoxy) is 2. The summed E-state index contributed by atoms with van der Waals surface area (Å²) in [5, 5.41) is 52.6. The SMILES string of the molecule is C[C@@]1(CO)Cc2cc(NC(=O)c3cnn4cccnc34)c(N3CCC(F)(CO)CC3)cc2O1.C[C@]1(CO)Cc2cc(NC(=O)c3cnn4cccnc34)c(N3CCC(F)(CO)CC3)cc2O1. The lowest BCUT2D eigenvalue weighted by Crippen LogP contribution is -2.44. The van der Waals surface area contributed by atoms with Crippen LogP contribution in [0.15, 0.2) is 73.6 Å². The van der Waals surface area contributed by atoms with Gasteiger partial charge in [-0.3, -0.25) is 9.59 Å². The zero-order valence-corrected chi connectivity index (χ0v) is 36.6. The molecule has 8 heterocycles. The first-order valence-corrected chi connectivity index (χ1v) is 21.9. The van der Waals surface area contributed by atoms with Crippen molar-refractivity contribution in [2.75, 3.05) is 73.0 Å². The number of amides is 2. The van der Waals surface area contributed by atoms with E-state index in [1.54, 1.807) is 36.9 Å². The van der Waals surface area contributed by atoms with E-state index in [4.69, 9.17) is 9.47 Å². The van der Waals surface area contributed by atoms with Gasteiger partial charge in [0.15, 0.2) is 11.3 Å². The highest BCUT2D eigenvalue weighted by Crippen LogP contribution is 2.45. The van der Waals surface area contributed by atoms with Crippen molar-refractivity contribution in [1.82, 2.24) is 29.2 Å². The number of anilines is 4. The molecule has 4 aromatic heterocycles. The maximum Gasteiger partial charge on any atom is 0.261 e. The van der Waals surface area contributed by atoms with E-state index in [1.807, 2.05) is 47.9 Å². The van der Waals surface area contributed by atoms with Crippen molar-refractivity contribution in [3.63, 3.8) is 0 Å². The van der Waals surface area contributed by atoms with Gasteiger partial charge in [-0.15, -0.1) is 0 Å². The van der Waals surface area contributed by atoms with Crippen LogP contribution in [0, 0.1) is 0 Å². The Balaban J connectivity index is 0.000000166. The first kappa shape index (κ1) is 44.7. The number of alkyl halides is 2. The molecule has 2 aromatic carbocycles. The number of carbonyl (C=O) groups excluding carboxylic acids is 2. The van der Waals surface area contributed by atoms with E-state index in [0.717, 1.165) is 11.1 Å². The number of hydrogen-bond donors (Lipinski definition) is 6. The monoisotopic (exact) mass is 910 g/mol. The van der Waals surface area contributed by atoms with Crippen molar-refractivity contribution in [1.29, 1.82) is 0 Å². The third-order valence-electron chi connectivity index (χ3n) is 13.0. The molecule has 2 amide bonds. The molecule has 348 valence electrons. The van der Waals surface area contributed by atoms with E-state index >= 15 is 0 Å². The highest BCUT2D eigenvalue weighted by atomic mass is 19.1. The summed E-state index contributed by atoms with van der Waals surface area (Å²) in [7, 11) is 0. The molecule has 2 atom stereocenters. The van der Waals surface area contributed by atoms with Gasteiger partial charge in [0.1, 0.15) is 45.2 Å². The van der Waals surface area contributed by atoms with E-state index in [9.17, 15) is 38.8 Å². The molecule has 6 aromatic rings. The average molecular weight is 911 g/mol. The van der Waals surface area contributed by atoms with Gasteiger partial charge in [-0.1, -0.05) is 0 Å². The summed E-state index contributed by atoms with van der Waals surface area (Å²) in [6, 6.07) is 10.8. The second-order valence-electron chi connectivity index (χ2n) is 18.1. The highest BCUT2D eigenvalue weighted by Gasteiger charge is 2.40. The molecular weight excluding hydrogens is 859 g/mol. The lowest BCUT2D eigenvalue weighted by Gasteiger charge is -2.37. The number of rotatable bonds is 10. The first-order valence-electron chi connectivity index (χ1n) is 21.9. The van der Waals surface area contributed by atoms with Gasteiger partial charge in [-0.25, -0.2) is 27.8 Å². The molecule has 20 heteroatoms. The fraction of sp³-hybridized carbons (Fsp3) is 0.435. The van der Waals surface area contributed by atoms with E-state index in [2.05, 4.69) is 30.8 Å². The van der Waals surface area contributed by atoms with Crippen LogP contribution in [-0.2, 0) is 12.8 Å². The largest absolute Gasteiger partial charge is 0.484 e. The van der Waals surface area contributed by atoms with E-state index in [-0.39, 0.29) is 50.7 Å². The molecule has 6 N–H and O–H groups in total. The number of piperidine rings is 2. The van der Waals surface area contributed by atoms with Gasteiger partial charge >= 0.3 is 0 Å². The number of nitrogens with zero attached hydrogens (tertiary/aromatic N) is 8. The number of aliphatic hydroxyl groups excluding tert-OH is 4. The number of hydrogen-bond acceptors (Lipinski definition) is 14.